The van der Waals surface area contributed by atoms with Gasteiger partial charge in [0.05, 0.1) is 14.2 Å². The van der Waals surface area contributed by atoms with Crippen LogP contribution in [0.25, 0.3) is 6.08 Å². The van der Waals surface area contributed by atoms with Crippen molar-refractivity contribution in [1.29, 1.82) is 0 Å². The molecule has 2 rings (SSSR count). The van der Waals surface area contributed by atoms with Crippen LogP contribution in [-0.4, -0.2) is 20.0 Å². The maximum atomic E-state index is 13.5. The molecule has 0 atom stereocenters. The van der Waals surface area contributed by atoms with E-state index < -0.39 is 17.4 Å². The Labute approximate surface area is 126 Å². The van der Waals surface area contributed by atoms with Gasteiger partial charge in [0.25, 0.3) is 0 Å². The highest BCUT2D eigenvalue weighted by Crippen LogP contribution is 2.28. The van der Waals surface area contributed by atoms with E-state index in [0.29, 0.717) is 17.1 Å². The Morgan fingerprint density at radius 2 is 1.64 bits per heavy atom. The van der Waals surface area contributed by atoms with Crippen LogP contribution in [0.4, 0.5) is 8.78 Å². The van der Waals surface area contributed by atoms with Gasteiger partial charge in [-0.3, -0.25) is 4.79 Å². The van der Waals surface area contributed by atoms with Crippen molar-refractivity contribution >= 4 is 11.9 Å². The number of halogens is 2. The second-order valence-electron chi connectivity index (χ2n) is 4.40. The fourth-order valence-electron chi connectivity index (χ4n) is 1.91. The predicted octanol–water partition coefficient (Wildman–Crippen LogP) is 3.88. The van der Waals surface area contributed by atoms with Crippen LogP contribution in [-0.2, 0) is 0 Å². The fourth-order valence-corrected chi connectivity index (χ4v) is 1.91. The summed E-state index contributed by atoms with van der Waals surface area (Å²) in [6, 6.07) is 8.16. The molecule has 114 valence electrons. The molecule has 0 N–H and O–H groups in total. The summed E-state index contributed by atoms with van der Waals surface area (Å²) in [5.74, 6) is -0.960. The third-order valence-electron chi connectivity index (χ3n) is 3.07. The van der Waals surface area contributed by atoms with Gasteiger partial charge >= 0.3 is 0 Å². The molecule has 0 fully saturated rings. The molecule has 0 aliphatic carbocycles. The summed E-state index contributed by atoms with van der Waals surface area (Å²) < 4.78 is 37.1. The summed E-state index contributed by atoms with van der Waals surface area (Å²) in [6.07, 6.45) is 2.23. The highest BCUT2D eigenvalue weighted by molar-refractivity contribution is 6.07. The molecule has 0 bridgehead atoms. The zero-order valence-electron chi connectivity index (χ0n) is 12.1. The SMILES string of the molecule is COc1ccc(C(=O)/C=C/c2c(F)cccc2F)cc1OC. The summed E-state index contributed by atoms with van der Waals surface area (Å²) >= 11 is 0. The monoisotopic (exact) mass is 304 g/mol. The Hall–Kier alpha value is -2.69. The lowest BCUT2D eigenvalue weighted by Crippen LogP contribution is -1.98. The van der Waals surface area contributed by atoms with Gasteiger partial charge in [-0.15, -0.1) is 0 Å². The van der Waals surface area contributed by atoms with Gasteiger partial charge in [0, 0.05) is 11.1 Å². The lowest BCUT2D eigenvalue weighted by Gasteiger charge is -2.08. The molecule has 2 aromatic rings. The van der Waals surface area contributed by atoms with Gasteiger partial charge in [-0.25, -0.2) is 8.78 Å². The van der Waals surface area contributed by atoms with Gasteiger partial charge in [0.15, 0.2) is 17.3 Å². The van der Waals surface area contributed by atoms with Crippen LogP contribution in [0.1, 0.15) is 15.9 Å². The first-order chi connectivity index (χ1) is 10.6. The van der Waals surface area contributed by atoms with E-state index in [2.05, 4.69) is 0 Å². The minimum atomic E-state index is -0.726. The van der Waals surface area contributed by atoms with Gasteiger partial charge in [-0.05, 0) is 42.5 Å². The van der Waals surface area contributed by atoms with E-state index >= 15 is 0 Å². The molecule has 0 saturated carbocycles. The highest BCUT2D eigenvalue weighted by Gasteiger charge is 2.10. The smallest absolute Gasteiger partial charge is 0.185 e. The number of rotatable bonds is 5. The topological polar surface area (TPSA) is 35.5 Å². The van der Waals surface area contributed by atoms with Crippen LogP contribution in [0.5, 0.6) is 11.5 Å². The number of carbonyl (C=O) groups excluding carboxylic acids is 1. The first-order valence-electron chi connectivity index (χ1n) is 6.45. The zero-order valence-corrected chi connectivity index (χ0v) is 12.1. The molecule has 5 heteroatoms. The molecular weight excluding hydrogens is 290 g/mol. The zero-order chi connectivity index (χ0) is 16.1. The standard InChI is InChI=1S/C17H14F2O3/c1-21-16-9-6-11(10-17(16)22-2)15(20)8-7-12-13(18)4-3-5-14(12)19/h3-10H,1-2H3/b8-7+. The van der Waals surface area contributed by atoms with Crippen molar-refractivity contribution in [3.8, 4) is 11.5 Å². The molecule has 0 aliphatic heterocycles. The van der Waals surface area contributed by atoms with E-state index in [1.165, 1.54) is 26.4 Å². The number of ketones is 1. The van der Waals surface area contributed by atoms with Crippen molar-refractivity contribution in [3.05, 3.63) is 65.2 Å². The van der Waals surface area contributed by atoms with E-state index in [0.717, 1.165) is 24.3 Å². The second-order valence-corrected chi connectivity index (χ2v) is 4.40. The summed E-state index contributed by atoms with van der Waals surface area (Å²) in [4.78, 5) is 12.1. The van der Waals surface area contributed by atoms with E-state index in [1.54, 1.807) is 12.1 Å². The van der Waals surface area contributed by atoms with Gasteiger partial charge in [0.2, 0.25) is 0 Å². The molecule has 2 aromatic carbocycles. The largest absolute Gasteiger partial charge is 0.493 e. The van der Waals surface area contributed by atoms with Crippen molar-refractivity contribution in [3.63, 3.8) is 0 Å². The van der Waals surface area contributed by atoms with Crippen LogP contribution < -0.4 is 9.47 Å². The first kappa shape index (κ1) is 15.7. The van der Waals surface area contributed by atoms with Crippen LogP contribution >= 0.6 is 0 Å². The average molecular weight is 304 g/mol. The lowest BCUT2D eigenvalue weighted by atomic mass is 10.1. The lowest BCUT2D eigenvalue weighted by molar-refractivity contribution is 0.104. The Kier molecular flexibility index (Phi) is 4.88. The Morgan fingerprint density at radius 1 is 1.00 bits per heavy atom. The Morgan fingerprint density at radius 3 is 2.23 bits per heavy atom. The predicted molar refractivity (Wildman–Crippen MR) is 79.3 cm³/mol. The van der Waals surface area contributed by atoms with Crippen molar-refractivity contribution in [2.45, 2.75) is 0 Å². The molecule has 0 spiro atoms. The fraction of sp³-hybridized carbons (Fsp3) is 0.118. The van der Waals surface area contributed by atoms with Gasteiger partial charge in [-0.1, -0.05) is 6.07 Å². The highest BCUT2D eigenvalue weighted by atomic mass is 19.1. The molecule has 0 aromatic heterocycles. The van der Waals surface area contributed by atoms with Crippen molar-refractivity contribution < 1.29 is 23.0 Å². The normalized spacial score (nSPS) is 10.7. The number of carbonyl (C=O) groups is 1. The van der Waals surface area contributed by atoms with E-state index in [4.69, 9.17) is 9.47 Å². The summed E-state index contributed by atoms with van der Waals surface area (Å²) in [5, 5.41) is 0. The van der Waals surface area contributed by atoms with Crippen LogP contribution in [0, 0.1) is 11.6 Å². The number of allylic oxidation sites excluding steroid dienone is 1. The maximum absolute atomic E-state index is 13.5. The van der Waals surface area contributed by atoms with Crippen LogP contribution in [0.2, 0.25) is 0 Å². The maximum Gasteiger partial charge on any atom is 0.185 e. The molecule has 0 radical (unpaired) electrons. The molecule has 0 amide bonds. The molecule has 22 heavy (non-hydrogen) atoms. The van der Waals surface area contributed by atoms with E-state index in [-0.39, 0.29) is 5.56 Å². The first-order valence-corrected chi connectivity index (χ1v) is 6.45. The Bertz CT molecular complexity index is 704. The molecule has 0 saturated heterocycles. The molecule has 3 nitrogen and oxygen atoms in total. The van der Waals surface area contributed by atoms with Crippen LogP contribution in [0.3, 0.4) is 0 Å². The molecule has 0 aliphatic rings. The van der Waals surface area contributed by atoms with Gasteiger partial charge < -0.3 is 9.47 Å². The number of hydrogen-bond donors (Lipinski definition) is 0. The van der Waals surface area contributed by atoms with Gasteiger partial charge in [0.1, 0.15) is 11.6 Å². The summed E-state index contributed by atoms with van der Waals surface area (Å²) in [7, 11) is 2.94. The van der Waals surface area contributed by atoms with Crippen LogP contribution in [0.15, 0.2) is 42.5 Å². The van der Waals surface area contributed by atoms with Gasteiger partial charge in [-0.2, -0.15) is 0 Å². The average Bonchev–Trinajstić information content (AvgIpc) is 2.53. The molecule has 0 unspecified atom stereocenters. The molecular formula is C17H14F2O3. The minimum Gasteiger partial charge on any atom is -0.493 e. The second kappa shape index (κ2) is 6.85. The quantitative estimate of drug-likeness (QED) is 0.621. The number of hydrogen-bond acceptors (Lipinski definition) is 3. The number of benzene rings is 2. The van der Waals surface area contributed by atoms with E-state index in [9.17, 15) is 13.6 Å². The third-order valence-corrected chi connectivity index (χ3v) is 3.07. The number of ether oxygens (including phenoxy) is 2. The Balaban J connectivity index is 2.27. The minimum absolute atomic E-state index is 0.253. The van der Waals surface area contributed by atoms with Crippen molar-refractivity contribution in [2.24, 2.45) is 0 Å². The summed E-state index contributed by atoms with van der Waals surface area (Å²) in [6.45, 7) is 0. The third kappa shape index (κ3) is 3.31. The molecule has 0 heterocycles. The number of methoxy groups -OCH3 is 2. The summed E-state index contributed by atoms with van der Waals surface area (Å²) in [5.41, 5.74) is 0.0713. The van der Waals surface area contributed by atoms with Crippen molar-refractivity contribution in [1.82, 2.24) is 0 Å². The van der Waals surface area contributed by atoms with E-state index in [1.807, 2.05) is 0 Å². The van der Waals surface area contributed by atoms with Crippen molar-refractivity contribution in [2.75, 3.05) is 14.2 Å².